The van der Waals surface area contributed by atoms with Crippen LogP contribution in [0.5, 0.6) is 0 Å². The summed E-state index contributed by atoms with van der Waals surface area (Å²) in [6.07, 6.45) is 6.93. The molecule has 25 heavy (non-hydrogen) atoms. The van der Waals surface area contributed by atoms with Crippen molar-refractivity contribution in [2.24, 2.45) is 7.05 Å². The highest BCUT2D eigenvalue weighted by atomic mass is 32.2. The predicted molar refractivity (Wildman–Crippen MR) is 92.6 cm³/mol. The Morgan fingerprint density at radius 1 is 1.32 bits per heavy atom. The van der Waals surface area contributed by atoms with E-state index in [1.165, 1.54) is 18.3 Å². The summed E-state index contributed by atoms with van der Waals surface area (Å²) in [4.78, 5) is 14.9. The molecule has 0 fully saturated rings. The maximum atomic E-state index is 12.7. The lowest BCUT2D eigenvalue weighted by Crippen LogP contribution is -2.31. The van der Waals surface area contributed by atoms with Gasteiger partial charge < -0.3 is 4.98 Å². The first-order chi connectivity index (χ1) is 11.8. The minimum Gasteiger partial charge on any atom is -0.367 e. The second kappa shape index (κ2) is 6.56. The van der Waals surface area contributed by atoms with Crippen molar-refractivity contribution in [3.8, 4) is 0 Å². The molecule has 2 aromatic heterocycles. The van der Waals surface area contributed by atoms with Gasteiger partial charge in [-0.2, -0.15) is 5.10 Å². The highest BCUT2D eigenvalue weighted by Crippen LogP contribution is 2.21. The Morgan fingerprint density at radius 2 is 2.12 bits per heavy atom. The van der Waals surface area contributed by atoms with Crippen molar-refractivity contribution in [2.75, 3.05) is 0 Å². The molecule has 3 rings (SSSR count). The molecule has 0 spiro atoms. The van der Waals surface area contributed by atoms with Gasteiger partial charge in [0, 0.05) is 32.1 Å². The Balaban J connectivity index is 1.93. The van der Waals surface area contributed by atoms with Crippen molar-refractivity contribution >= 4 is 15.9 Å². The van der Waals surface area contributed by atoms with Gasteiger partial charge >= 0.3 is 0 Å². The van der Waals surface area contributed by atoms with Crippen LogP contribution < -0.4 is 4.72 Å². The zero-order valence-electron chi connectivity index (χ0n) is 13.9. The van der Waals surface area contributed by atoms with Crippen LogP contribution in [-0.4, -0.2) is 29.1 Å². The molecule has 0 unspecified atom stereocenters. The van der Waals surface area contributed by atoms with E-state index >= 15 is 0 Å². The van der Waals surface area contributed by atoms with Crippen molar-refractivity contribution < 1.29 is 13.2 Å². The Morgan fingerprint density at radius 3 is 2.76 bits per heavy atom. The largest absolute Gasteiger partial charge is 0.367 e. The first-order valence-corrected chi connectivity index (χ1v) is 9.10. The van der Waals surface area contributed by atoms with Crippen molar-refractivity contribution in [1.82, 2.24) is 19.5 Å². The van der Waals surface area contributed by atoms with E-state index in [1.54, 1.807) is 30.2 Å². The molecule has 0 aliphatic rings. The number of aryl methyl sites for hydroxylation is 2. The van der Waals surface area contributed by atoms with Gasteiger partial charge in [0.25, 0.3) is 15.9 Å². The summed E-state index contributed by atoms with van der Waals surface area (Å²) in [6, 6.07) is 6.55. The highest BCUT2D eigenvalue weighted by molar-refractivity contribution is 7.90. The third kappa shape index (κ3) is 3.80. The normalized spacial score (nSPS) is 11.4. The molecule has 2 N–H and O–H groups in total. The SMILES string of the molecule is Cc1ccc(S(=O)(=O)NC(=O)c2cc[nH]c2)c(Cc2cnn(C)c2)c1. The molecule has 3 aromatic rings. The number of carbonyl (C=O) groups excluding carboxylic acids is 1. The molecule has 0 radical (unpaired) electrons. The summed E-state index contributed by atoms with van der Waals surface area (Å²) in [5.41, 5.74) is 2.70. The molecule has 0 aliphatic carbocycles. The molecule has 8 heteroatoms. The lowest BCUT2D eigenvalue weighted by Gasteiger charge is -2.12. The average molecular weight is 358 g/mol. The third-order valence-corrected chi connectivity index (χ3v) is 5.18. The second-order valence-electron chi connectivity index (χ2n) is 5.84. The molecule has 130 valence electrons. The topological polar surface area (TPSA) is 96.8 Å². The summed E-state index contributed by atoms with van der Waals surface area (Å²) >= 11 is 0. The van der Waals surface area contributed by atoms with Crippen LogP contribution in [0.25, 0.3) is 0 Å². The molecule has 0 aliphatic heterocycles. The van der Waals surface area contributed by atoms with Crippen LogP contribution in [0, 0.1) is 6.92 Å². The van der Waals surface area contributed by atoms with Crippen LogP contribution in [-0.2, 0) is 23.5 Å². The van der Waals surface area contributed by atoms with E-state index in [0.717, 1.165) is 11.1 Å². The van der Waals surface area contributed by atoms with Crippen LogP contribution in [0.2, 0.25) is 0 Å². The summed E-state index contributed by atoms with van der Waals surface area (Å²) in [5, 5.41) is 4.10. The summed E-state index contributed by atoms with van der Waals surface area (Å²) in [6.45, 7) is 1.89. The van der Waals surface area contributed by atoms with Crippen molar-refractivity contribution in [3.05, 3.63) is 71.3 Å². The minimum absolute atomic E-state index is 0.0887. The van der Waals surface area contributed by atoms with Gasteiger partial charge in [-0.25, -0.2) is 13.1 Å². The molecule has 1 aromatic carbocycles. The predicted octanol–water partition coefficient (Wildman–Crippen LogP) is 1.77. The van der Waals surface area contributed by atoms with Gasteiger partial charge in [0.2, 0.25) is 0 Å². The lowest BCUT2D eigenvalue weighted by molar-refractivity contribution is 0.0981. The molecule has 0 saturated heterocycles. The fraction of sp³-hybridized carbons (Fsp3) is 0.176. The van der Waals surface area contributed by atoms with Crippen LogP contribution in [0.1, 0.15) is 27.0 Å². The fourth-order valence-corrected chi connectivity index (χ4v) is 3.79. The van der Waals surface area contributed by atoms with Gasteiger partial charge in [-0.05, 0) is 30.2 Å². The van der Waals surface area contributed by atoms with Gasteiger partial charge in [0.05, 0.1) is 16.7 Å². The van der Waals surface area contributed by atoms with Gasteiger partial charge in [0.15, 0.2) is 0 Å². The summed E-state index contributed by atoms with van der Waals surface area (Å²) in [5.74, 6) is -0.672. The van der Waals surface area contributed by atoms with Crippen LogP contribution >= 0.6 is 0 Å². The Labute approximate surface area is 145 Å². The summed E-state index contributed by atoms with van der Waals surface area (Å²) < 4.78 is 29.2. The number of rotatable bonds is 5. The molecule has 7 nitrogen and oxygen atoms in total. The Bertz CT molecular complexity index is 1000. The number of sulfonamides is 1. The lowest BCUT2D eigenvalue weighted by atomic mass is 10.1. The molecular weight excluding hydrogens is 340 g/mol. The van der Waals surface area contributed by atoms with E-state index in [-0.39, 0.29) is 10.5 Å². The minimum atomic E-state index is -3.99. The average Bonchev–Trinajstić information content (AvgIpc) is 3.18. The van der Waals surface area contributed by atoms with E-state index in [2.05, 4.69) is 14.8 Å². The highest BCUT2D eigenvalue weighted by Gasteiger charge is 2.22. The van der Waals surface area contributed by atoms with Crippen molar-refractivity contribution in [3.63, 3.8) is 0 Å². The Kier molecular flexibility index (Phi) is 4.45. The maximum absolute atomic E-state index is 12.7. The number of benzene rings is 1. The van der Waals surface area contributed by atoms with Crippen LogP contribution in [0.3, 0.4) is 0 Å². The monoisotopic (exact) mass is 358 g/mol. The standard InChI is InChI=1S/C17H18N4O3S/c1-12-3-4-16(15(7-12)8-13-9-19-21(2)11-13)25(23,24)20-17(22)14-5-6-18-10-14/h3-7,9-11,18H,8H2,1-2H3,(H,20,22). The first kappa shape index (κ1) is 17.0. The maximum Gasteiger partial charge on any atom is 0.266 e. The zero-order valence-corrected chi connectivity index (χ0v) is 14.7. The number of nitrogens with one attached hydrogen (secondary N) is 2. The van der Waals surface area contributed by atoms with Crippen LogP contribution in [0.15, 0.2) is 53.9 Å². The van der Waals surface area contributed by atoms with Crippen molar-refractivity contribution in [2.45, 2.75) is 18.2 Å². The van der Waals surface area contributed by atoms with Gasteiger partial charge in [-0.3, -0.25) is 9.48 Å². The fourth-order valence-electron chi connectivity index (χ4n) is 2.59. The number of aromatic nitrogens is 3. The van der Waals surface area contributed by atoms with E-state index in [9.17, 15) is 13.2 Å². The van der Waals surface area contributed by atoms with E-state index in [1.807, 2.05) is 19.2 Å². The summed E-state index contributed by atoms with van der Waals surface area (Å²) in [7, 11) is -2.19. The molecular formula is C17H18N4O3S. The second-order valence-corrected chi connectivity index (χ2v) is 7.50. The number of aromatic amines is 1. The van der Waals surface area contributed by atoms with Gasteiger partial charge in [-0.1, -0.05) is 17.7 Å². The molecule has 2 heterocycles. The Hall–Kier alpha value is -2.87. The number of carbonyl (C=O) groups is 1. The number of H-pyrrole nitrogens is 1. The molecule has 0 saturated carbocycles. The number of amides is 1. The van der Waals surface area contributed by atoms with Crippen molar-refractivity contribution in [1.29, 1.82) is 0 Å². The zero-order chi connectivity index (χ0) is 18.0. The molecule has 0 atom stereocenters. The number of hydrogen-bond acceptors (Lipinski definition) is 4. The van der Waals surface area contributed by atoms with E-state index in [0.29, 0.717) is 12.0 Å². The van der Waals surface area contributed by atoms with E-state index < -0.39 is 15.9 Å². The smallest absolute Gasteiger partial charge is 0.266 e. The van der Waals surface area contributed by atoms with E-state index in [4.69, 9.17) is 0 Å². The van der Waals surface area contributed by atoms with Crippen LogP contribution in [0.4, 0.5) is 0 Å². The molecule has 1 amide bonds. The quantitative estimate of drug-likeness (QED) is 0.726. The van der Waals surface area contributed by atoms with Gasteiger partial charge in [-0.15, -0.1) is 0 Å². The van der Waals surface area contributed by atoms with Gasteiger partial charge in [0.1, 0.15) is 0 Å². The number of hydrogen-bond donors (Lipinski definition) is 2. The first-order valence-electron chi connectivity index (χ1n) is 7.62. The molecule has 0 bridgehead atoms. The third-order valence-electron chi connectivity index (χ3n) is 3.75. The number of nitrogens with zero attached hydrogens (tertiary/aromatic N) is 2.